The van der Waals surface area contributed by atoms with Crippen molar-refractivity contribution in [1.29, 1.82) is 0 Å². The molecule has 1 N–H and O–H groups in total. The first-order chi connectivity index (χ1) is 12.9. The Morgan fingerprint density at radius 2 is 1.74 bits per heavy atom. The summed E-state index contributed by atoms with van der Waals surface area (Å²) >= 11 is 0. The number of ether oxygens (including phenoxy) is 2. The Labute approximate surface area is 154 Å². The first-order valence-corrected chi connectivity index (χ1v) is 7.91. The fourth-order valence-corrected chi connectivity index (χ4v) is 2.28. The van der Waals surface area contributed by atoms with Crippen LogP contribution < -0.4 is 14.8 Å². The van der Waals surface area contributed by atoms with Gasteiger partial charge >= 0.3 is 11.4 Å². The molecule has 0 aliphatic heterocycles. The van der Waals surface area contributed by atoms with Crippen LogP contribution in [0.2, 0.25) is 0 Å². The second kappa shape index (κ2) is 9.13. The molecule has 0 aliphatic rings. The molecule has 0 saturated carbocycles. The minimum absolute atomic E-state index is 0.0838. The van der Waals surface area contributed by atoms with Crippen LogP contribution >= 0.6 is 0 Å². The number of nitrogens with zero attached hydrogens (tertiary/aromatic N) is 2. The van der Waals surface area contributed by atoms with Crippen LogP contribution in [-0.4, -0.2) is 29.5 Å². The van der Waals surface area contributed by atoms with E-state index in [1.807, 2.05) is 0 Å². The molecule has 2 rings (SSSR count). The third-order valence-electron chi connectivity index (χ3n) is 3.53. The zero-order chi connectivity index (χ0) is 19.8. The number of rotatable bonds is 9. The molecule has 0 fully saturated rings. The summed E-state index contributed by atoms with van der Waals surface area (Å²) in [5.41, 5.74) is -0.130. The molecule has 10 heteroatoms. The summed E-state index contributed by atoms with van der Waals surface area (Å²) in [5, 5.41) is 24.4. The Morgan fingerprint density at radius 3 is 2.41 bits per heavy atom. The van der Waals surface area contributed by atoms with Gasteiger partial charge in [0, 0.05) is 24.2 Å². The Bertz CT molecular complexity index is 854. The average molecular weight is 375 g/mol. The molecule has 0 spiro atoms. The van der Waals surface area contributed by atoms with Crippen LogP contribution in [0.4, 0.5) is 17.1 Å². The van der Waals surface area contributed by atoms with Crippen molar-refractivity contribution in [3.63, 3.8) is 0 Å². The minimum atomic E-state index is -0.602. The van der Waals surface area contributed by atoms with Crippen LogP contribution in [0.1, 0.15) is 12.8 Å². The van der Waals surface area contributed by atoms with E-state index in [9.17, 15) is 25.0 Å². The second-order valence-electron chi connectivity index (χ2n) is 5.37. The molecule has 2 aromatic carbocycles. The lowest BCUT2D eigenvalue weighted by atomic mass is 10.2. The van der Waals surface area contributed by atoms with Crippen LogP contribution in [0, 0.1) is 20.2 Å². The number of nitro groups is 2. The van der Waals surface area contributed by atoms with Crippen molar-refractivity contribution in [3.05, 3.63) is 62.7 Å². The van der Waals surface area contributed by atoms with Crippen molar-refractivity contribution in [2.45, 2.75) is 12.8 Å². The Morgan fingerprint density at radius 1 is 1.04 bits per heavy atom. The number of para-hydroxylation sites is 2. The van der Waals surface area contributed by atoms with E-state index in [4.69, 9.17) is 9.47 Å². The van der Waals surface area contributed by atoms with Gasteiger partial charge in [-0.1, -0.05) is 12.1 Å². The number of hydrogen-bond acceptors (Lipinski definition) is 7. The van der Waals surface area contributed by atoms with Crippen molar-refractivity contribution in [2.75, 3.05) is 19.0 Å². The highest BCUT2D eigenvalue weighted by molar-refractivity contribution is 5.91. The summed E-state index contributed by atoms with van der Waals surface area (Å²) in [5.74, 6) is -0.134. The molecule has 27 heavy (non-hydrogen) atoms. The maximum Gasteiger partial charge on any atom is 0.312 e. The SMILES string of the molecule is COc1ccc(NC(=O)CCCOc2ccccc2[N+](=O)[O-])cc1[N+](=O)[O-]. The molecule has 142 valence electrons. The monoisotopic (exact) mass is 375 g/mol. The number of amides is 1. The molecular formula is C17H17N3O7. The van der Waals surface area contributed by atoms with E-state index >= 15 is 0 Å². The first kappa shape index (κ1) is 19.6. The Balaban J connectivity index is 1.86. The summed E-state index contributed by atoms with van der Waals surface area (Å²) in [6.07, 6.45) is 0.399. The normalized spacial score (nSPS) is 10.1. The molecule has 2 aromatic rings. The molecule has 0 aromatic heterocycles. The van der Waals surface area contributed by atoms with Crippen molar-refractivity contribution in [2.24, 2.45) is 0 Å². The van der Waals surface area contributed by atoms with Gasteiger partial charge in [-0.3, -0.25) is 25.0 Å². The third-order valence-corrected chi connectivity index (χ3v) is 3.53. The molecule has 10 nitrogen and oxygen atoms in total. The predicted molar refractivity (Wildman–Crippen MR) is 96.1 cm³/mol. The largest absolute Gasteiger partial charge is 0.490 e. The minimum Gasteiger partial charge on any atom is -0.490 e. The van der Waals surface area contributed by atoms with Gasteiger partial charge in [-0.25, -0.2) is 0 Å². The van der Waals surface area contributed by atoms with E-state index in [1.165, 1.54) is 43.5 Å². The van der Waals surface area contributed by atoms with Crippen molar-refractivity contribution >= 4 is 23.0 Å². The van der Waals surface area contributed by atoms with Crippen molar-refractivity contribution in [3.8, 4) is 11.5 Å². The van der Waals surface area contributed by atoms with Gasteiger partial charge in [0.1, 0.15) is 0 Å². The van der Waals surface area contributed by atoms with Crippen LogP contribution in [0.3, 0.4) is 0 Å². The van der Waals surface area contributed by atoms with Gasteiger partial charge in [-0.2, -0.15) is 0 Å². The zero-order valence-corrected chi connectivity index (χ0v) is 14.4. The smallest absolute Gasteiger partial charge is 0.312 e. The van der Waals surface area contributed by atoms with Gasteiger partial charge < -0.3 is 14.8 Å². The average Bonchev–Trinajstić information content (AvgIpc) is 2.65. The fourth-order valence-electron chi connectivity index (χ4n) is 2.28. The lowest BCUT2D eigenvalue weighted by molar-refractivity contribution is -0.385. The number of methoxy groups -OCH3 is 1. The third kappa shape index (κ3) is 5.39. The molecule has 0 unspecified atom stereocenters. The molecule has 0 bridgehead atoms. The lowest BCUT2D eigenvalue weighted by Crippen LogP contribution is -2.13. The van der Waals surface area contributed by atoms with Crippen LogP contribution in [0.5, 0.6) is 11.5 Å². The summed E-state index contributed by atoms with van der Waals surface area (Å²) in [6, 6.07) is 10.1. The second-order valence-corrected chi connectivity index (χ2v) is 5.37. The van der Waals surface area contributed by atoms with Gasteiger partial charge in [-0.15, -0.1) is 0 Å². The number of benzene rings is 2. The van der Waals surface area contributed by atoms with Gasteiger partial charge in [0.15, 0.2) is 11.5 Å². The zero-order valence-electron chi connectivity index (χ0n) is 14.4. The van der Waals surface area contributed by atoms with Gasteiger partial charge in [-0.05, 0) is 24.6 Å². The summed E-state index contributed by atoms with van der Waals surface area (Å²) in [4.78, 5) is 32.7. The molecule has 0 heterocycles. The molecular weight excluding hydrogens is 358 g/mol. The number of hydrogen-bond donors (Lipinski definition) is 1. The highest BCUT2D eigenvalue weighted by Crippen LogP contribution is 2.30. The number of carbonyl (C=O) groups excluding carboxylic acids is 1. The summed E-state index contributed by atoms with van der Waals surface area (Å²) in [7, 11) is 1.32. The molecule has 0 radical (unpaired) electrons. The van der Waals surface area contributed by atoms with E-state index in [0.717, 1.165) is 0 Å². The number of carbonyl (C=O) groups is 1. The van der Waals surface area contributed by atoms with Gasteiger partial charge in [0.05, 0.1) is 23.6 Å². The molecule has 1 amide bonds. The van der Waals surface area contributed by atoms with Crippen molar-refractivity contribution in [1.82, 2.24) is 0 Å². The highest BCUT2D eigenvalue weighted by atomic mass is 16.6. The molecule has 0 aliphatic carbocycles. The summed E-state index contributed by atoms with van der Waals surface area (Å²) in [6.45, 7) is 0.112. The fraction of sp³-hybridized carbons (Fsp3) is 0.235. The van der Waals surface area contributed by atoms with Crippen LogP contribution in [-0.2, 0) is 4.79 Å². The van der Waals surface area contributed by atoms with Crippen molar-refractivity contribution < 1.29 is 24.1 Å². The van der Waals surface area contributed by atoms with E-state index in [0.29, 0.717) is 6.42 Å². The number of nitro benzene ring substituents is 2. The van der Waals surface area contributed by atoms with Crippen LogP contribution in [0.15, 0.2) is 42.5 Å². The van der Waals surface area contributed by atoms with E-state index in [2.05, 4.69) is 5.32 Å². The standard InChI is InChI=1S/C17H17N3O7/c1-26-15-9-8-12(11-14(15)20(24)25)18-17(21)7-4-10-27-16-6-3-2-5-13(16)19(22)23/h2-3,5-6,8-9,11H,4,7,10H2,1H3,(H,18,21). The van der Waals surface area contributed by atoms with Gasteiger partial charge in [0.25, 0.3) is 0 Å². The highest BCUT2D eigenvalue weighted by Gasteiger charge is 2.16. The summed E-state index contributed by atoms with van der Waals surface area (Å²) < 4.78 is 10.2. The molecule has 0 atom stereocenters. The van der Waals surface area contributed by atoms with Gasteiger partial charge in [0.2, 0.25) is 5.91 Å². The predicted octanol–water partition coefficient (Wildman–Crippen LogP) is 3.31. The number of nitrogens with one attached hydrogen (secondary N) is 1. The van der Waals surface area contributed by atoms with E-state index < -0.39 is 9.85 Å². The molecule has 0 saturated heterocycles. The first-order valence-electron chi connectivity index (χ1n) is 7.91. The maximum absolute atomic E-state index is 12.0. The topological polar surface area (TPSA) is 134 Å². The maximum atomic E-state index is 12.0. The van der Waals surface area contributed by atoms with E-state index in [1.54, 1.807) is 6.07 Å². The van der Waals surface area contributed by atoms with Crippen LogP contribution in [0.25, 0.3) is 0 Å². The quantitative estimate of drug-likeness (QED) is 0.403. The Kier molecular flexibility index (Phi) is 6.64. The Hall–Kier alpha value is -3.69. The van der Waals surface area contributed by atoms with E-state index in [-0.39, 0.29) is 47.5 Å². The number of anilines is 1. The lowest BCUT2D eigenvalue weighted by Gasteiger charge is -2.08.